The van der Waals surface area contributed by atoms with Gasteiger partial charge in [0.2, 0.25) is 0 Å². The van der Waals surface area contributed by atoms with E-state index in [4.69, 9.17) is 5.73 Å². The van der Waals surface area contributed by atoms with Gasteiger partial charge in [-0.3, -0.25) is 0 Å². The second-order valence-corrected chi connectivity index (χ2v) is 5.48. The maximum atomic E-state index is 6.24. The summed E-state index contributed by atoms with van der Waals surface area (Å²) in [5, 5.41) is 0. The Balaban J connectivity index is 2.21. The van der Waals surface area contributed by atoms with Gasteiger partial charge in [0.1, 0.15) is 0 Å². The van der Waals surface area contributed by atoms with Crippen molar-refractivity contribution in [2.75, 3.05) is 0 Å². The zero-order chi connectivity index (χ0) is 10.6. The van der Waals surface area contributed by atoms with Gasteiger partial charge < -0.3 is 5.73 Å². The van der Waals surface area contributed by atoms with E-state index < -0.39 is 0 Å². The third-order valence-electron chi connectivity index (χ3n) is 3.84. The van der Waals surface area contributed by atoms with Crippen LogP contribution in [0.15, 0.2) is 0 Å². The summed E-state index contributed by atoms with van der Waals surface area (Å²) in [5.74, 6) is 2.62. The van der Waals surface area contributed by atoms with E-state index in [2.05, 4.69) is 20.8 Å². The molecule has 1 rings (SSSR count). The Morgan fingerprint density at radius 1 is 1.21 bits per heavy atom. The topological polar surface area (TPSA) is 26.0 Å². The molecule has 84 valence electrons. The van der Waals surface area contributed by atoms with E-state index in [9.17, 15) is 0 Å². The lowest BCUT2D eigenvalue weighted by Crippen LogP contribution is -2.28. The van der Waals surface area contributed by atoms with Crippen LogP contribution >= 0.6 is 0 Å². The van der Waals surface area contributed by atoms with Crippen molar-refractivity contribution in [1.82, 2.24) is 0 Å². The molecule has 1 aliphatic rings. The Morgan fingerprint density at radius 3 is 2.43 bits per heavy atom. The smallest absolute Gasteiger partial charge is 0.00673 e. The molecule has 2 N–H and O–H groups in total. The van der Waals surface area contributed by atoms with Crippen LogP contribution in [0.1, 0.15) is 59.3 Å². The van der Waals surface area contributed by atoms with E-state index in [1.165, 1.54) is 38.5 Å². The molecule has 0 radical (unpaired) electrons. The average molecular weight is 197 g/mol. The summed E-state index contributed by atoms with van der Waals surface area (Å²) in [5.41, 5.74) is 6.24. The van der Waals surface area contributed by atoms with Gasteiger partial charge in [-0.15, -0.1) is 0 Å². The van der Waals surface area contributed by atoms with Gasteiger partial charge in [0.25, 0.3) is 0 Å². The van der Waals surface area contributed by atoms with Crippen LogP contribution < -0.4 is 5.73 Å². The molecule has 0 bridgehead atoms. The van der Waals surface area contributed by atoms with Gasteiger partial charge in [-0.2, -0.15) is 0 Å². The van der Waals surface area contributed by atoms with E-state index in [1.54, 1.807) is 0 Å². The molecule has 1 aliphatic carbocycles. The SMILES string of the molecule is CCC1CCC(C(N)CCC(C)C)C1. The van der Waals surface area contributed by atoms with E-state index >= 15 is 0 Å². The number of rotatable bonds is 5. The predicted octanol–water partition coefficient (Wildman–Crippen LogP) is 3.58. The Bertz CT molecular complexity index is 153. The van der Waals surface area contributed by atoms with Crippen molar-refractivity contribution < 1.29 is 0 Å². The molecule has 0 aliphatic heterocycles. The van der Waals surface area contributed by atoms with Crippen molar-refractivity contribution in [2.45, 2.75) is 65.3 Å². The zero-order valence-corrected chi connectivity index (χ0v) is 10.1. The van der Waals surface area contributed by atoms with Crippen molar-refractivity contribution in [1.29, 1.82) is 0 Å². The lowest BCUT2D eigenvalue weighted by molar-refractivity contribution is 0.366. The van der Waals surface area contributed by atoms with Crippen LogP contribution in [0, 0.1) is 17.8 Å². The summed E-state index contributed by atoms with van der Waals surface area (Å²) in [4.78, 5) is 0. The Morgan fingerprint density at radius 2 is 1.93 bits per heavy atom. The summed E-state index contributed by atoms with van der Waals surface area (Å²) in [6.45, 7) is 6.89. The first kappa shape index (κ1) is 12.0. The van der Waals surface area contributed by atoms with Crippen molar-refractivity contribution in [3.05, 3.63) is 0 Å². The van der Waals surface area contributed by atoms with Gasteiger partial charge in [0.15, 0.2) is 0 Å². The van der Waals surface area contributed by atoms with Gasteiger partial charge in [0, 0.05) is 6.04 Å². The second-order valence-electron chi connectivity index (χ2n) is 5.48. The average Bonchev–Trinajstić information content (AvgIpc) is 2.62. The first-order valence-electron chi connectivity index (χ1n) is 6.39. The predicted molar refractivity (Wildman–Crippen MR) is 63.2 cm³/mol. The van der Waals surface area contributed by atoms with Crippen LogP contribution in [0.3, 0.4) is 0 Å². The molecule has 0 aromatic heterocycles. The van der Waals surface area contributed by atoms with Crippen LogP contribution in [-0.4, -0.2) is 6.04 Å². The van der Waals surface area contributed by atoms with Crippen molar-refractivity contribution in [3.63, 3.8) is 0 Å². The molecule has 1 heteroatoms. The summed E-state index contributed by atoms with van der Waals surface area (Å²) in [6, 6.07) is 0.481. The van der Waals surface area contributed by atoms with E-state index in [-0.39, 0.29) is 0 Å². The third kappa shape index (κ3) is 3.61. The molecule has 0 aromatic rings. The zero-order valence-electron chi connectivity index (χ0n) is 10.1. The molecular weight excluding hydrogens is 170 g/mol. The van der Waals surface area contributed by atoms with Gasteiger partial charge in [0.05, 0.1) is 0 Å². The van der Waals surface area contributed by atoms with Gasteiger partial charge in [-0.05, 0) is 43.4 Å². The first-order chi connectivity index (χ1) is 6.63. The normalized spacial score (nSPS) is 29.8. The lowest BCUT2D eigenvalue weighted by Gasteiger charge is -2.20. The highest BCUT2D eigenvalue weighted by molar-refractivity contribution is 4.82. The molecule has 0 amide bonds. The minimum atomic E-state index is 0.481. The Hall–Kier alpha value is -0.0400. The van der Waals surface area contributed by atoms with Crippen LogP contribution in [0.25, 0.3) is 0 Å². The van der Waals surface area contributed by atoms with Crippen LogP contribution in [0.5, 0.6) is 0 Å². The summed E-state index contributed by atoms with van der Waals surface area (Å²) < 4.78 is 0. The quantitative estimate of drug-likeness (QED) is 0.716. The van der Waals surface area contributed by atoms with Gasteiger partial charge >= 0.3 is 0 Å². The molecule has 0 aromatic carbocycles. The highest BCUT2D eigenvalue weighted by Gasteiger charge is 2.27. The van der Waals surface area contributed by atoms with Crippen LogP contribution in [0.2, 0.25) is 0 Å². The standard InChI is InChI=1S/C13H27N/c1-4-11-6-7-12(9-11)13(14)8-5-10(2)3/h10-13H,4-9,14H2,1-3H3. The molecular formula is C13H27N. The molecule has 3 unspecified atom stereocenters. The van der Waals surface area contributed by atoms with Crippen molar-refractivity contribution in [2.24, 2.45) is 23.5 Å². The molecule has 1 saturated carbocycles. The van der Waals surface area contributed by atoms with E-state index in [0.717, 1.165) is 17.8 Å². The maximum Gasteiger partial charge on any atom is 0.00673 e. The number of hydrogen-bond acceptors (Lipinski definition) is 1. The maximum absolute atomic E-state index is 6.24. The van der Waals surface area contributed by atoms with Crippen molar-refractivity contribution in [3.8, 4) is 0 Å². The van der Waals surface area contributed by atoms with Crippen molar-refractivity contribution >= 4 is 0 Å². The largest absolute Gasteiger partial charge is 0.327 e. The molecule has 1 fully saturated rings. The van der Waals surface area contributed by atoms with Crippen LogP contribution in [0.4, 0.5) is 0 Å². The van der Waals surface area contributed by atoms with E-state index in [0.29, 0.717) is 6.04 Å². The second kappa shape index (κ2) is 5.75. The third-order valence-corrected chi connectivity index (χ3v) is 3.84. The highest BCUT2D eigenvalue weighted by Crippen LogP contribution is 2.35. The van der Waals surface area contributed by atoms with Crippen LogP contribution in [-0.2, 0) is 0 Å². The molecule has 3 atom stereocenters. The molecule has 0 spiro atoms. The fourth-order valence-electron chi connectivity index (χ4n) is 2.63. The Kier molecular flexibility index (Phi) is 4.94. The molecule has 14 heavy (non-hydrogen) atoms. The monoisotopic (exact) mass is 197 g/mol. The minimum absolute atomic E-state index is 0.481. The molecule has 0 saturated heterocycles. The highest BCUT2D eigenvalue weighted by atomic mass is 14.7. The number of hydrogen-bond donors (Lipinski definition) is 1. The first-order valence-corrected chi connectivity index (χ1v) is 6.39. The number of nitrogens with two attached hydrogens (primary N) is 1. The minimum Gasteiger partial charge on any atom is -0.327 e. The Labute approximate surface area is 89.5 Å². The lowest BCUT2D eigenvalue weighted by atomic mass is 9.91. The summed E-state index contributed by atoms with van der Waals surface area (Å²) >= 11 is 0. The summed E-state index contributed by atoms with van der Waals surface area (Å²) in [6.07, 6.45) is 8.10. The van der Waals surface area contributed by atoms with Gasteiger partial charge in [-0.25, -0.2) is 0 Å². The fraction of sp³-hybridized carbons (Fsp3) is 1.00. The van der Waals surface area contributed by atoms with Gasteiger partial charge in [-0.1, -0.05) is 33.6 Å². The fourth-order valence-corrected chi connectivity index (χ4v) is 2.63. The molecule has 0 heterocycles. The summed E-state index contributed by atoms with van der Waals surface area (Å²) in [7, 11) is 0. The van der Waals surface area contributed by atoms with E-state index in [1.807, 2.05) is 0 Å². The molecule has 1 nitrogen and oxygen atoms in total.